The molecule has 1 aromatic rings. The van der Waals surface area contributed by atoms with Gasteiger partial charge in [0.25, 0.3) is 0 Å². The monoisotopic (exact) mass is 400 g/mol. The fraction of sp³-hybridized carbons (Fsp3) is 0.708. The number of likely N-dealkylation sites (tertiary alicyclic amines) is 1. The highest BCUT2D eigenvalue weighted by Crippen LogP contribution is 2.60. The van der Waals surface area contributed by atoms with Crippen LogP contribution in [0.1, 0.15) is 56.1 Å². The number of nitrogens with zero attached hydrogens (tertiary/aromatic N) is 1. The quantitative estimate of drug-likeness (QED) is 0.832. The van der Waals surface area contributed by atoms with Crippen molar-refractivity contribution in [3.63, 3.8) is 0 Å². The van der Waals surface area contributed by atoms with Crippen molar-refractivity contribution in [3.8, 4) is 0 Å². The lowest BCUT2D eigenvalue weighted by atomic mass is 9.49. The molecule has 6 aliphatic rings. The average Bonchev–Trinajstić information content (AvgIpc) is 3.27. The molecular weight excluding hydrogens is 368 g/mol. The average molecular weight is 401 g/mol. The molecule has 5 aliphatic carbocycles. The predicted octanol–water partition coefficient (Wildman–Crippen LogP) is 3.98. The van der Waals surface area contributed by atoms with Crippen LogP contribution >= 0.6 is 12.4 Å². The van der Waals surface area contributed by atoms with Gasteiger partial charge >= 0.3 is 0 Å². The maximum absolute atomic E-state index is 13.3. The molecule has 0 unspecified atom stereocenters. The Bertz CT molecular complexity index is 702. The van der Waals surface area contributed by atoms with E-state index in [1.165, 1.54) is 62.5 Å². The van der Waals surface area contributed by atoms with Crippen molar-refractivity contribution in [1.82, 2.24) is 10.2 Å². The number of hydrogen-bond acceptors (Lipinski definition) is 2. The lowest BCUT2D eigenvalue weighted by Gasteiger charge is -2.55. The van der Waals surface area contributed by atoms with E-state index in [0.29, 0.717) is 18.0 Å². The molecule has 1 saturated heterocycles. The van der Waals surface area contributed by atoms with Gasteiger partial charge < -0.3 is 5.32 Å². The Kier molecular flexibility index (Phi) is 4.75. The third-order valence-corrected chi connectivity index (χ3v) is 8.62. The van der Waals surface area contributed by atoms with Crippen LogP contribution in [0.15, 0.2) is 24.3 Å². The highest BCUT2D eigenvalue weighted by atomic mass is 35.5. The SMILES string of the molecule is Cl.O=C(N[C@H]1CCN(C2Cc3ccccc3C2)C1)C12CC3CC(CC(C3)C1)C2. The molecule has 7 rings (SSSR count). The van der Waals surface area contributed by atoms with Crippen LogP contribution < -0.4 is 5.32 Å². The van der Waals surface area contributed by atoms with Crippen LogP contribution in [0.2, 0.25) is 0 Å². The Labute approximate surface area is 175 Å². The van der Waals surface area contributed by atoms with Gasteiger partial charge in [0.1, 0.15) is 0 Å². The second kappa shape index (κ2) is 7.02. The number of rotatable bonds is 3. The maximum atomic E-state index is 13.3. The normalized spacial score (nSPS) is 39.0. The summed E-state index contributed by atoms with van der Waals surface area (Å²) in [5, 5.41) is 3.53. The predicted molar refractivity (Wildman–Crippen MR) is 114 cm³/mol. The van der Waals surface area contributed by atoms with Crippen molar-refractivity contribution in [2.24, 2.45) is 23.2 Å². The van der Waals surface area contributed by atoms with Crippen LogP contribution in [0.4, 0.5) is 0 Å². The van der Waals surface area contributed by atoms with Gasteiger partial charge in [-0.05, 0) is 86.7 Å². The molecular formula is C24H33ClN2O. The number of amides is 1. The molecule has 1 N–H and O–H groups in total. The van der Waals surface area contributed by atoms with E-state index < -0.39 is 0 Å². The topological polar surface area (TPSA) is 32.3 Å². The van der Waals surface area contributed by atoms with E-state index in [2.05, 4.69) is 34.5 Å². The third kappa shape index (κ3) is 3.10. The van der Waals surface area contributed by atoms with Gasteiger partial charge in [0.2, 0.25) is 5.91 Å². The van der Waals surface area contributed by atoms with Gasteiger partial charge in [-0.2, -0.15) is 0 Å². The van der Waals surface area contributed by atoms with E-state index in [-0.39, 0.29) is 17.8 Å². The van der Waals surface area contributed by atoms with Crippen LogP contribution in [0, 0.1) is 23.2 Å². The van der Waals surface area contributed by atoms with Crippen molar-refractivity contribution in [1.29, 1.82) is 0 Å². The lowest BCUT2D eigenvalue weighted by Crippen LogP contribution is -2.55. The van der Waals surface area contributed by atoms with Gasteiger partial charge in [-0.1, -0.05) is 24.3 Å². The van der Waals surface area contributed by atoms with E-state index in [4.69, 9.17) is 0 Å². The first-order valence-electron chi connectivity index (χ1n) is 11.3. The fourth-order valence-corrected chi connectivity index (χ4v) is 7.76. The zero-order valence-electron chi connectivity index (χ0n) is 16.7. The summed E-state index contributed by atoms with van der Waals surface area (Å²) in [6.07, 6.45) is 11.3. The third-order valence-electron chi connectivity index (χ3n) is 8.62. The van der Waals surface area contributed by atoms with Crippen molar-refractivity contribution >= 4 is 18.3 Å². The minimum atomic E-state index is 0. The molecule has 0 aromatic heterocycles. The highest BCUT2D eigenvalue weighted by Gasteiger charge is 2.54. The maximum Gasteiger partial charge on any atom is 0.226 e. The minimum Gasteiger partial charge on any atom is -0.352 e. The number of carbonyl (C=O) groups excluding carboxylic acids is 1. The molecule has 1 heterocycles. The van der Waals surface area contributed by atoms with Crippen LogP contribution in [0.25, 0.3) is 0 Å². The molecule has 5 fully saturated rings. The van der Waals surface area contributed by atoms with E-state index >= 15 is 0 Å². The van der Waals surface area contributed by atoms with Crippen molar-refractivity contribution in [2.75, 3.05) is 13.1 Å². The Morgan fingerprint density at radius 1 is 0.964 bits per heavy atom. The first-order valence-corrected chi connectivity index (χ1v) is 11.3. The Balaban J connectivity index is 0.00000171. The first-order chi connectivity index (χ1) is 13.2. The molecule has 0 spiro atoms. The lowest BCUT2D eigenvalue weighted by molar-refractivity contribution is -0.147. The fourth-order valence-electron chi connectivity index (χ4n) is 7.76. The summed E-state index contributed by atoms with van der Waals surface area (Å²) in [6.45, 7) is 2.20. The summed E-state index contributed by atoms with van der Waals surface area (Å²) >= 11 is 0. The van der Waals surface area contributed by atoms with E-state index in [1.54, 1.807) is 0 Å². The zero-order chi connectivity index (χ0) is 18.0. The second-order valence-electron chi connectivity index (χ2n) is 10.5. The molecule has 1 aliphatic heterocycles. The van der Waals surface area contributed by atoms with Crippen LogP contribution in [0.3, 0.4) is 0 Å². The summed E-state index contributed by atoms with van der Waals surface area (Å²) in [6, 6.07) is 9.92. The zero-order valence-corrected chi connectivity index (χ0v) is 17.6. The first kappa shape index (κ1) is 18.9. The van der Waals surface area contributed by atoms with Crippen LogP contribution in [0.5, 0.6) is 0 Å². The molecule has 4 saturated carbocycles. The molecule has 28 heavy (non-hydrogen) atoms. The van der Waals surface area contributed by atoms with Crippen molar-refractivity contribution in [3.05, 3.63) is 35.4 Å². The summed E-state index contributed by atoms with van der Waals surface area (Å²) in [7, 11) is 0. The molecule has 152 valence electrons. The van der Waals surface area contributed by atoms with Gasteiger partial charge in [0, 0.05) is 30.6 Å². The summed E-state index contributed by atoms with van der Waals surface area (Å²) in [5.41, 5.74) is 3.07. The number of nitrogens with one attached hydrogen (secondary N) is 1. The summed E-state index contributed by atoms with van der Waals surface area (Å²) in [5.74, 6) is 2.96. The largest absolute Gasteiger partial charge is 0.352 e. The number of fused-ring (bicyclic) bond motifs is 1. The molecule has 1 aromatic carbocycles. The van der Waals surface area contributed by atoms with Gasteiger partial charge in [-0.3, -0.25) is 9.69 Å². The van der Waals surface area contributed by atoms with Gasteiger partial charge in [0.15, 0.2) is 0 Å². The van der Waals surface area contributed by atoms with Gasteiger partial charge in [-0.15, -0.1) is 12.4 Å². The summed E-state index contributed by atoms with van der Waals surface area (Å²) < 4.78 is 0. The molecule has 4 heteroatoms. The molecule has 4 bridgehead atoms. The van der Waals surface area contributed by atoms with Gasteiger partial charge in [0.05, 0.1) is 0 Å². The van der Waals surface area contributed by atoms with Crippen molar-refractivity contribution in [2.45, 2.75) is 69.9 Å². The minimum absolute atomic E-state index is 0. The standard InChI is InChI=1S/C24H32N2O.ClH/c27-23(24-12-16-7-17(13-24)9-18(8-16)14-24)25-21-5-6-26(15-21)22-10-19-3-1-2-4-20(19)11-22;/h1-4,16-18,21-22H,5-15H2,(H,25,27);1H/t16?,17?,18?,21-,24?;/m0./s1. The smallest absolute Gasteiger partial charge is 0.226 e. The van der Waals surface area contributed by atoms with Crippen LogP contribution in [-0.4, -0.2) is 36.0 Å². The molecule has 1 amide bonds. The number of benzene rings is 1. The Morgan fingerprint density at radius 3 is 2.11 bits per heavy atom. The number of hydrogen-bond donors (Lipinski definition) is 1. The number of carbonyl (C=O) groups is 1. The number of halogens is 1. The Morgan fingerprint density at radius 2 is 1.54 bits per heavy atom. The Hall–Kier alpha value is -1.06. The van der Waals surface area contributed by atoms with Crippen LogP contribution in [-0.2, 0) is 17.6 Å². The van der Waals surface area contributed by atoms with Crippen molar-refractivity contribution < 1.29 is 4.79 Å². The van der Waals surface area contributed by atoms with Gasteiger partial charge in [-0.25, -0.2) is 0 Å². The van der Waals surface area contributed by atoms with E-state index in [9.17, 15) is 4.79 Å². The molecule has 3 nitrogen and oxygen atoms in total. The summed E-state index contributed by atoms with van der Waals surface area (Å²) in [4.78, 5) is 16.0. The molecule has 1 atom stereocenters. The highest BCUT2D eigenvalue weighted by molar-refractivity contribution is 5.85. The second-order valence-corrected chi connectivity index (χ2v) is 10.5. The molecule has 0 radical (unpaired) electrons. The van der Waals surface area contributed by atoms with E-state index in [1.807, 2.05) is 0 Å². The van der Waals surface area contributed by atoms with E-state index in [0.717, 1.165) is 37.3 Å².